The number of aromatic nitrogens is 1. The van der Waals surface area contributed by atoms with Crippen molar-refractivity contribution < 1.29 is 14.0 Å². The van der Waals surface area contributed by atoms with Crippen LogP contribution in [0, 0.1) is 6.92 Å². The molecule has 0 saturated carbocycles. The standard InChI is InChI=1S/C14H17BrN2O3.ClH/c1-9-4-11(17-20-9)8-16-7-10-5-13(18-2)14(19-3)6-12(10)15;/h4-6,16H,7-8H2,1-3H3;1H. The molecule has 0 saturated heterocycles. The molecule has 0 spiro atoms. The largest absolute Gasteiger partial charge is 0.493 e. The van der Waals surface area contributed by atoms with E-state index in [1.807, 2.05) is 25.1 Å². The molecule has 5 nitrogen and oxygen atoms in total. The summed E-state index contributed by atoms with van der Waals surface area (Å²) in [5.41, 5.74) is 1.97. The van der Waals surface area contributed by atoms with Crippen molar-refractivity contribution >= 4 is 28.3 Å². The number of hydrogen-bond acceptors (Lipinski definition) is 5. The summed E-state index contributed by atoms with van der Waals surface area (Å²) >= 11 is 3.53. The molecule has 0 radical (unpaired) electrons. The summed E-state index contributed by atoms with van der Waals surface area (Å²) in [5.74, 6) is 2.23. The Bertz CT molecular complexity index is 590. The monoisotopic (exact) mass is 376 g/mol. The fourth-order valence-electron chi connectivity index (χ4n) is 1.86. The smallest absolute Gasteiger partial charge is 0.161 e. The Morgan fingerprint density at radius 3 is 2.38 bits per heavy atom. The molecule has 0 aliphatic rings. The van der Waals surface area contributed by atoms with Crippen molar-refractivity contribution in [1.82, 2.24) is 10.5 Å². The number of ether oxygens (including phenoxy) is 2. The van der Waals surface area contributed by atoms with Gasteiger partial charge in [-0.25, -0.2) is 0 Å². The van der Waals surface area contributed by atoms with E-state index in [0.717, 1.165) is 21.5 Å². The molecule has 2 aromatic rings. The SMILES string of the molecule is COc1cc(Br)c(CNCc2cc(C)on2)cc1OC.Cl. The Morgan fingerprint density at radius 2 is 1.81 bits per heavy atom. The third-order valence-electron chi connectivity index (χ3n) is 2.85. The lowest BCUT2D eigenvalue weighted by Gasteiger charge is -2.12. The van der Waals surface area contributed by atoms with E-state index in [-0.39, 0.29) is 12.4 Å². The molecule has 1 N–H and O–H groups in total. The normalized spacial score (nSPS) is 10.1. The van der Waals surface area contributed by atoms with Gasteiger partial charge in [0.25, 0.3) is 0 Å². The van der Waals surface area contributed by atoms with Gasteiger partial charge in [-0.1, -0.05) is 21.1 Å². The van der Waals surface area contributed by atoms with Gasteiger partial charge < -0.3 is 19.3 Å². The average Bonchev–Trinajstić information content (AvgIpc) is 2.85. The van der Waals surface area contributed by atoms with Crippen LogP contribution in [-0.4, -0.2) is 19.4 Å². The van der Waals surface area contributed by atoms with Gasteiger partial charge in [-0.3, -0.25) is 0 Å². The first kappa shape index (κ1) is 17.8. The van der Waals surface area contributed by atoms with Crippen molar-refractivity contribution in [2.75, 3.05) is 14.2 Å². The number of benzene rings is 1. The van der Waals surface area contributed by atoms with Crippen molar-refractivity contribution in [2.45, 2.75) is 20.0 Å². The molecule has 0 unspecified atom stereocenters. The third-order valence-corrected chi connectivity index (χ3v) is 3.59. The first-order chi connectivity index (χ1) is 9.63. The molecule has 0 atom stereocenters. The van der Waals surface area contributed by atoms with Crippen molar-refractivity contribution in [3.63, 3.8) is 0 Å². The molecule has 0 amide bonds. The Kier molecular flexibility index (Phi) is 7.01. The zero-order chi connectivity index (χ0) is 14.5. The van der Waals surface area contributed by atoms with Crippen molar-refractivity contribution in [3.8, 4) is 11.5 Å². The maximum atomic E-state index is 5.30. The van der Waals surface area contributed by atoms with E-state index in [0.29, 0.717) is 24.6 Å². The molecule has 116 valence electrons. The van der Waals surface area contributed by atoms with Crippen LogP contribution in [0.2, 0.25) is 0 Å². The highest BCUT2D eigenvalue weighted by Gasteiger charge is 2.09. The zero-order valence-corrected chi connectivity index (χ0v) is 14.5. The van der Waals surface area contributed by atoms with Crippen molar-refractivity contribution in [2.24, 2.45) is 0 Å². The van der Waals surface area contributed by atoms with Crippen LogP contribution in [0.15, 0.2) is 27.2 Å². The highest BCUT2D eigenvalue weighted by atomic mass is 79.9. The molecule has 1 aromatic heterocycles. The van der Waals surface area contributed by atoms with E-state index >= 15 is 0 Å². The van der Waals surface area contributed by atoms with Gasteiger partial charge in [0.15, 0.2) is 11.5 Å². The van der Waals surface area contributed by atoms with E-state index in [1.54, 1.807) is 14.2 Å². The van der Waals surface area contributed by atoms with Crippen LogP contribution in [0.4, 0.5) is 0 Å². The van der Waals surface area contributed by atoms with Crippen LogP contribution >= 0.6 is 28.3 Å². The molecular formula is C14H18BrClN2O3. The second kappa shape index (κ2) is 8.26. The van der Waals surface area contributed by atoms with Gasteiger partial charge in [0.05, 0.1) is 19.9 Å². The van der Waals surface area contributed by atoms with Gasteiger partial charge in [0.2, 0.25) is 0 Å². The predicted molar refractivity (Wildman–Crippen MR) is 86.3 cm³/mol. The average molecular weight is 378 g/mol. The maximum absolute atomic E-state index is 5.30. The van der Waals surface area contributed by atoms with Gasteiger partial charge >= 0.3 is 0 Å². The van der Waals surface area contributed by atoms with E-state index in [1.165, 1.54) is 0 Å². The van der Waals surface area contributed by atoms with E-state index < -0.39 is 0 Å². The van der Waals surface area contributed by atoms with E-state index in [2.05, 4.69) is 26.4 Å². The summed E-state index contributed by atoms with van der Waals surface area (Å²) in [6, 6.07) is 5.76. The lowest BCUT2D eigenvalue weighted by atomic mass is 10.2. The predicted octanol–water partition coefficient (Wildman–Crippen LogP) is 3.47. The Balaban J connectivity index is 0.00000220. The van der Waals surface area contributed by atoms with Gasteiger partial charge in [0, 0.05) is 23.6 Å². The number of rotatable bonds is 6. The molecule has 1 aromatic carbocycles. The fraction of sp³-hybridized carbons (Fsp3) is 0.357. The second-order valence-corrected chi connectivity index (χ2v) is 5.19. The molecular weight excluding hydrogens is 360 g/mol. The highest BCUT2D eigenvalue weighted by molar-refractivity contribution is 9.10. The third kappa shape index (κ3) is 4.62. The number of methoxy groups -OCH3 is 2. The minimum atomic E-state index is 0. The number of hydrogen-bond donors (Lipinski definition) is 1. The van der Waals surface area contributed by atoms with Gasteiger partial charge in [-0.2, -0.15) is 0 Å². The van der Waals surface area contributed by atoms with Crippen LogP contribution < -0.4 is 14.8 Å². The number of nitrogens with one attached hydrogen (secondary N) is 1. The second-order valence-electron chi connectivity index (χ2n) is 4.33. The van der Waals surface area contributed by atoms with Crippen molar-refractivity contribution in [1.29, 1.82) is 0 Å². The summed E-state index contributed by atoms with van der Waals surface area (Å²) in [6.07, 6.45) is 0. The topological polar surface area (TPSA) is 56.5 Å². The summed E-state index contributed by atoms with van der Waals surface area (Å²) in [6.45, 7) is 3.21. The minimum Gasteiger partial charge on any atom is -0.493 e. The first-order valence-corrected chi connectivity index (χ1v) is 6.96. The molecule has 0 aliphatic heterocycles. The summed E-state index contributed by atoms with van der Waals surface area (Å²) in [7, 11) is 3.25. The highest BCUT2D eigenvalue weighted by Crippen LogP contribution is 2.33. The molecule has 2 rings (SSSR count). The minimum absolute atomic E-state index is 0. The summed E-state index contributed by atoms with van der Waals surface area (Å²) in [5, 5.41) is 7.25. The Hall–Kier alpha value is -1.24. The molecule has 1 heterocycles. The number of aryl methyl sites for hydroxylation is 1. The molecule has 0 bridgehead atoms. The van der Waals surface area contributed by atoms with Crippen LogP contribution in [0.1, 0.15) is 17.0 Å². The van der Waals surface area contributed by atoms with Crippen LogP contribution in [0.25, 0.3) is 0 Å². The Labute approximate surface area is 138 Å². The summed E-state index contributed by atoms with van der Waals surface area (Å²) < 4.78 is 16.5. The van der Waals surface area contributed by atoms with Crippen LogP contribution in [-0.2, 0) is 13.1 Å². The molecule has 21 heavy (non-hydrogen) atoms. The first-order valence-electron chi connectivity index (χ1n) is 6.17. The molecule has 0 aliphatic carbocycles. The molecule has 7 heteroatoms. The van der Waals surface area contributed by atoms with E-state index in [9.17, 15) is 0 Å². The maximum Gasteiger partial charge on any atom is 0.161 e. The van der Waals surface area contributed by atoms with Crippen LogP contribution in [0.3, 0.4) is 0 Å². The quantitative estimate of drug-likeness (QED) is 0.835. The van der Waals surface area contributed by atoms with Crippen LogP contribution in [0.5, 0.6) is 11.5 Å². The van der Waals surface area contributed by atoms with Gasteiger partial charge in [-0.15, -0.1) is 12.4 Å². The summed E-state index contributed by atoms with van der Waals surface area (Å²) in [4.78, 5) is 0. The van der Waals surface area contributed by atoms with Crippen molar-refractivity contribution in [3.05, 3.63) is 39.7 Å². The lowest BCUT2D eigenvalue weighted by Crippen LogP contribution is -2.13. The fourth-order valence-corrected chi connectivity index (χ4v) is 2.32. The number of halogens is 2. The molecule has 0 fully saturated rings. The van der Waals surface area contributed by atoms with Gasteiger partial charge in [0.1, 0.15) is 5.76 Å². The van der Waals surface area contributed by atoms with E-state index in [4.69, 9.17) is 14.0 Å². The Morgan fingerprint density at radius 1 is 1.14 bits per heavy atom. The zero-order valence-electron chi connectivity index (χ0n) is 12.1. The lowest BCUT2D eigenvalue weighted by molar-refractivity contribution is 0.354. The van der Waals surface area contributed by atoms with Gasteiger partial charge in [-0.05, 0) is 24.6 Å². The number of nitrogens with zero attached hydrogens (tertiary/aromatic N) is 1.